The molecule has 3 atom stereocenters. The molecule has 0 aromatic heterocycles. The van der Waals surface area contributed by atoms with Crippen LogP contribution >= 0.6 is 0 Å². The van der Waals surface area contributed by atoms with Crippen LogP contribution in [-0.4, -0.2) is 49.4 Å². The smallest absolute Gasteiger partial charge is 0.244 e. The Morgan fingerprint density at radius 3 is 2.50 bits per heavy atom. The SMILES string of the molecule is CC(C)CC(NC(=O)C1NCCCC1C)C(=O)N(C)C. The van der Waals surface area contributed by atoms with Crippen molar-refractivity contribution in [3.63, 3.8) is 0 Å². The van der Waals surface area contributed by atoms with Gasteiger partial charge in [-0.1, -0.05) is 20.8 Å². The first-order chi connectivity index (χ1) is 9.32. The lowest BCUT2D eigenvalue weighted by Gasteiger charge is -2.31. The van der Waals surface area contributed by atoms with E-state index < -0.39 is 6.04 Å². The second-order valence-corrected chi connectivity index (χ2v) is 6.47. The maximum atomic E-state index is 12.4. The van der Waals surface area contributed by atoms with E-state index in [9.17, 15) is 9.59 Å². The number of piperidine rings is 1. The van der Waals surface area contributed by atoms with E-state index in [1.165, 1.54) is 0 Å². The van der Waals surface area contributed by atoms with E-state index >= 15 is 0 Å². The first-order valence-electron chi connectivity index (χ1n) is 7.57. The molecule has 0 saturated carbocycles. The van der Waals surface area contributed by atoms with E-state index in [2.05, 4.69) is 31.4 Å². The minimum absolute atomic E-state index is 0.0319. The molecule has 0 aliphatic carbocycles. The van der Waals surface area contributed by atoms with E-state index in [1.807, 2.05) is 0 Å². The third-order valence-electron chi connectivity index (χ3n) is 3.81. The van der Waals surface area contributed by atoms with E-state index in [1.54, 1.807) is 19.0 Å². The van der Waals surface area contributed by atoms with Gasteiger partial charge in [0.2, 0.25) is 11.8 Å². The monoisotopic (exact) mass is 283 g/mol. The van der Waals surface area contributed by atoms with Crippen LogP contribution in [0.1, 0.15) is 40.0 Å². The zero-order valence-corrected chi connectivity index (χ0v) is 13.4. The van der Waals surface area contributed by atoms with Crippen LogP contribution < -0.4 is 10.6 Å². The quantitative estimate of drug-likeness (QED) is 0.791. The topological polar surface area (TPSA) is 61.4 Å². The van der Waals surface area contributed by atoms with Crippen LogP contribution in [-0.2, 0) is 9.59 Å². The van der Waals surface area contributed by atoms with Gasteiger partial charge in [-0.2, -0.15) is 0 Å². The third kappa shape index (κ3) is 4.78. The van der Waals surface area contributed by atoms with Crippen LogP contribution in [0.25, 0.3) is 0 Å². The molecule has 0 aromatic carbocycles. The molecule has 2 N–H and O–H groups in total. The summed E-state index contributed by atoms with van der Waals surface area (Å²) in [4.78, 5) is 26.1. The van der Waals surface area contributed by atoms with Crippen molar-refractivity contribution in [2.75, 3.05) is 20.6 Å². The molecule has 0 aromatic rings. The van der Waals surface area contributed by atoms with Crippen molar-refractivity contribution < 1.29 is 9.59 Å². The van der Waals surface area contributed by atoms with Gasteiger partial charge in [0.1, 0.15) is 6.04 Å². The highest BCUT2D eigenvalue weighted by Gasteiger charge is 2.31. The van der Waals surface area contributed by atoms with Gasteiger partial charge in [-0.25, -0.2) is 0 Å². The zero-order valence-electron chi connectivity index (χ0n) is 13.4. The Morgan fingerprint density at radius 2 is 2.00 bits per heavy atom. The Balaban J connectivity index is 2.68. The number of hydrogen-bond donors (Lipinski definition) is 2. The van der Waals surface area contributed by atoms with E-state index in [-0.39, 0.29) is 17.9 Å². The number of amides is 2. The first-order valence-corrected chi connectivity index (χ1v) is 7.57. The summed E-state index contributed by atoms with van der Waals surface area (Å²) < 4.78 is 0. The summed E-state index contributed by atoms with van der Waals surface area (Å²) in [5.41, 5.74) is 0. The van der Waals surface area contributed by atoms with Crippen LogP contribution in [0.2, 0.25) is 0 Å². The minimum Gasteiger partial charge on any atom is -0.347 e. The zero-order chi connectivity index (χ0) is 15.3. The summed E-state index contributed by atoms with van der Waals surface area (Å²) in [6.07, 6.45) is 2.84. The Kier molecular flexibility index (Phi) is 6.46. The molecule has 0 radical (unpaired) electrons. The number of nitrogens with one attached hydrogen (secondary N) is 2. The lowest BCUT2D eigenvalue weighted by molar-refractivity contribution is -0.136. The number of likely N-dealkylation sites (N-methyl/N-ethyl adjacent to an activating group) is 1. The van der Waals surface area contributed by atoms with Gasteiger partial charge in [0.15, 0.2) is 0 Å². The normalized spacial score (nSPS) is 24.3. The number of hydrogen-bond acceptors (Lipinski definition) is 3. The van der Waals surface area contributed by atoms with Gasteiger partial charge < -0.3 is 15.5 Å². The Bertz CT molecular complexity index is 342. The molecule has 20 heavy (non-hydrogen) atoms. The van der Waals surface area contributed by atoms with Crippen molar-refractivity contribution in [1.82, 2.24) is 15.5 Å². The summed E-state index contributed by atoms with van der Waals surface area (Å²) in [5, 5.41) is 6.20. The van der Waals surface area contributed by atoms with Gasteiger partial charge in [-0.3, -0.25) is 9.59 Å². The largest absolute Gasteiger partial charge is 0.347 e. The average Bonchev–Trinajstić information content (AvgIpc) is 2.36. The number of rotatable bonds is 5. The molecular formula is C15H29N3O2. The highest BCUT2D eigenvalue weighted by Crippen LogP contribution is 2.16. The van der Waals surface area contributed by atoms with Crippen molar-refractivity contribution in [1.29, 1.82) is 0 Å². The van der Waals surface area contributed by atoms with Crippen molar-refractivity contribution >= 4 is 11.8 Å². The molecule has 1 aliphatic rings. The number of carbonyl (C=O) groups excluding carboxylic acids is 2. The van der Waals surface area contributed by atoms with Crippen LogP contribution in [0.15, 0.2) is 0 Å². The second-order valence-electron chi connectivity index (χ2n) is 6.47. The summed E-state index contributed by atoms with van der Waals surface area (Å²) in [7, 11) is 3.45. The lowest BCUT2D eigenvalue weighted by atomic mass is 9.91. The van der Waals surface area contributed by atoms with Gasteiger partial charge in [0, 0.05) is 14.1 Å². The van der Waals surface area contributed by atoms with Gasteiger partial charge in [-0.05, 0) is 37.6 Å². The molecule has 1 saturated heterocycles. The molecule has 1 aliphatic heterocycles. The maximum Gasteiger partial charge on any atom is 0.244 e. The summed E-state index contributed by atoms with van der Waals surface area (Å²) >= 11 is 0. The molecule has 1 fully saturated rings. The Hall–Kier alpha value is -1.10. The standard InChI is InChI=1S/C15H29N3O2/c1-10(2)9-12(15(20)18(4)5)17-14(19)13-11(3)7-6-8-16-13/h10-13,16H,6-9H2,1-5H3,(H,17,19). The van der Waals surface area contributed by atoms with E-state index in [0.717, 1.165) is 19.4 Å². The predicted molar refractivity (Wildman–Crippen MR) is 80.3 cm³/mol. The van der Waals surface area contributed by atoms with Crippen LogP contribution in [0.5, 0.6) is 0 Å². The molecular weight excluding hydrogens is 254 g/mol. The molecule has 0 bridgehead atoms. The van der Waals surface area contributed by atoms with Crippen molar-refractivity contribution in [3.05, 3.63) is 0 Å². The van der Waals surface area contributed by atoms with Crippen molar-refractivity contribution in [3.8, 4) is 0 Å². The molecule has 0 spiro atoms. The molecule has 1 rings (SSSR count). The molecule has 1 heterocycles. The predicted octanol–water partition coefficient (Wildman–Crippen LogP) is 0.994. The van der Waals surface area contributed by atoms with Gasteiger partial charge in [0.25, 0.3) is 0 Å². The maximum absolute atomic E-state index is 12.4. The van der Waals surface area contributed by atoms with Crippen LogP contribution in [0, 0.1) is 11.8 Å². The molecule has 5 nitrogen and oxygen atoms in total. The fourth-order valence-electron chi connectivity index (χ4n) is 2.67. The molecule has 116 valence electrons. The fourth-order valence-corrected chi connectivity index (χ4v) is 2.67. The summed E-state index contributed by atoms with van der Waals surface area (Å²) in [6, 6.07) is -0.596. The van der Waals surface area contributed by atoms with Gasteiger partial charge >= 0.3 is 0 Å². The van der Waals surface area contributed by atoms with Crippen LogP contribution in [0.4, 0.5) is 0 Å². The highest BCUT2D eigenvalue weighted by atomic mass is 16.2. The Morgan fingerprint density at radius 1 is 1.35 bits per heavy atom. The van der Waals surface area contributed by atoms with Crippen molar-refractivity contribution in [2.24, 2.45) is 11.8 Å². The van der Waals surface area contributed by atoms with Crippen LogP contribution in [0.3, 0.4) is 0 Å². The Labute approximate surface area is 122 Å². The lowest BCUT2D eigenvalue weighted by Crippen LogP contribution is -2.56. The fraction of sp³-hybridized carbons (Fsp3) is 0.867. The highest BCUT2D eigenvalue weighted by molar-refractivity contribution is 5.89. The number of carbonyl (C=O) groups is 2. The minimum atomic E-state index is -0.423. The van der Waals surface area contributed by atoms with Gasteiger partial charge in [-0.15, -0.1) is 0 Å². The van der Waals surface area contributed by atoms with E-state index in [0.29, 0.717) is 18.3 Å². The molecule has 3 unspecified atom stereocenters. The summed E-state index contributed by atoms with van der Waals surface area (Å²) in [6.45, 7) is 7.08. The summed E-state index contributed by atoms with van der Waals surface area (Å²) in [5.74, 6) is 0.604. The second kappa shape index (κ2) is 7.62. The molecule has 2 amide bonds. The molecule has 5 heteroatoms. The van der Waals surface area contributed by atoms with Gasteiger partial charge in [0.05, 0.1) is 6.04 Å². The number of nitrogens with zero attached hydrogens (tertiary/aromatic N) is 1. The first kappa shape index (κ1) is 17.0. The van der Waals surface area contributed by atoms with E-state index in [4.69, 9.17) is 0 Å². The third-order valence-corrected chi connectivity index (χ3v) is 3.81. The average molecular weight is 283 g/mol. The van der Waals surface area contributed by atoms with Crippen molar-refractivity contribution in [2.45, 2.75) is 52.1 Å².